The van der Waals surface area contributed by atoms with Crippen molar-refractivity contribution in [2.45, 2.75) is 12.5 Å². The largest absolute Gasteiger partial charge is 0.493 e. The van der Waals surface area contributed by atoms with E-state index in [1.165, 1.54) is 7.11 Å². The van der Waals surface area contributed by atoms with Crippen LogP contribution in [0.1, 0.15) is 16.5 Å². The molecule has 0 saturated heterocycles. The molecule has 2 rings (SSSR count). The first-order valence-electron chi connectivity index (χ1n) is 5.87. The van der Waals surface area contributed by atoms with E-state index in [2.05, 4.69) is 15.9 Å². The lowest BCUT2D eigenvalue weighted by molar-refractivity contribution is 0.179. The Kier molecular flexibility index (Phi) is 5.32. The van der Waals surface area contributed by atoms with Crippen LogP contribution in [0, 0.1) is 0 Å². The Hall–Kier alpha value is -0.750. The van der Waals surface area contributed by atoms with Crippen molar-refractivity contribution < 1.29 is 14.6 Å². The van der Waals surface area contributed by atoms with Crippen molar-refractivity contribution in [3.05, 3.63) is 43.5 Å². The minimum atomic E-state index is -0.641. The zero-order valence-corrected chi connectivity index (χ0v) is 14.2. The van der Waals surface area contributed by atoms with E-state index in [1.54, 1.807) is 30.6 Å². The van der Waals surface area contributed by atoms with Gasteiger partial charge < -0.3 is 14.6 Å². The van der Waals surface area contributed by atoms with Gasteiger partial charge in [-0.1, -0.05) is 11.6 Å². The van der Waals surface area contributed by atoms with E-state index >= 15 is 0 Å². The summed E-state index contributed by atoms with van der Waals surface area (Å²) in [6.45, 7) is 0. The fourth-order valence-electron chi connectivity index (χ4n) is 1.90. The van der Waals surface area contributed by atoms with Crippen molar-refractivity contribution in [1.82, 2.24) is 0 Å². The lowest BCUT2D eigenvalue weighted by atomic mass is 10.1. The summed E-state index contributed by atoms with van der Waals surface area (Å²) in [7, 11) is 3.07. The van der Waals surface area contributed by atoms with Crippen LogP contribution >= 0.6 is 38.9 Å². The van der Waals surface area contributed by atoms with E-state index in [0.717, 1.165) is 9.35 Å². The van der Waals surface area contributed by atoms with Gasteiger partial charge in [-0.25, -0.2) is 0 Å². The number of methoxy groups -OCH3 is 2. The Labute approximate surface area is 135 Å². The van der Waals surface area contributed by atoms with Crippen LogP contribution < -0.4 is 9.47 Å². The monoisotopic (exact) mass is 376 g/mol. The first kappa shape index (κ1) is 15.6. The molecular formula is C14H14BrClO3S. The molecule has 1 aromatic heterocycles. The average molecular weight is 378 g/mol. The number of aliphatic hydroxyl groups is 1. The van der Waals surface area contributed by atoms with Crippen LogP contribution in [-0.2, 0) is 6.42 Å². The van der Waals surface area contributed by atoms with Crippen LogP contribution in [0.4, 0.5) is 0 Å². The van der Waals surface area contributed by atoms with Crippen LogP contribution in [0.15, 0.2) is 28.1 Å². The molecule has 0 amide bonds. The summed E-state index contributed by atoms with van der Waals surface area (Å²) in [5, 5.41) is 12.7. The molecule has 1 atom stereocenters. The SMILES string of the molecule is COc1cc(C(O)Cc2cc(Br)cs2)cc(Cl)c1OC. The summed E-state index contributed by atoms with van der Waals surface area (Å²) in [6, 6.07) is 5.45. The first-order chi connectivity index (χ1) is 9.55. The maximum absolute atomic E-state index is 10.3. The molecule has 1 heterocycles. The zero-order valence-electron chi connectivity index (χ0n) is 11.0. The minimum absolute atomic E-state index is 0.424. The number of rotatable bonds is 5. The molecular weight excluding hydrogens is 364 g/mol. The van der Waals surface area contributed by atoms with Crippen molar-refractivity contribution in [2.75, 3.05) is 14.2 Å². The van der Waals surface area contributed by atoms with Gasteiger partial charge in [0.05, 0.1) is 25.3 Å². The average Bonchev–Trinajstić information content (AvgIpc) is 2.82. The number of aliphatic hydroxyl groups excluding tert-OH is 1. The number of thiophene rings is 1. The van der Waals surface area contributed by atoms with Crippen molar-refractivity contribution in [3.63, 3.8) is 0 Å². The third kappa shape index (κ3) is 3.47. The highest BCUT2D eigenvalue weighted by Gasteiger charge is 2.16. The predicted molar refractivity (Wildman–Crippen MR) is 85.2 cm³/mol. The highest BCUT2D eigenvalue weighted by molar-refractivity contribution is 9.10. The van der Waals surface area contributed by atoms with Crippen molar-refractivity contribution in [2.24, 2.45) is 0 Å². The van der Waals surface area contributed by atoms with Crippen molar-refractivity contribution >= 4 is 38.9 Å². The Morgan fingerprint density at radius 1 is 1.30 bits per heavy atom. The summed E-state index contributed by atoms with van der Waals surface area (Å²) < 4.78 is 11.4. The number of halogens is 2. The van der Waals surface area contributed by atoms with Gasteiger partial charge in [0.25, 0.3) is 0 Å². The van der Waals surface area contributed by atoms with Gasteiger partial charge in [0.15, 0.2) is 11.5 Å². The molecule has 0 saturated carbocycles. The predicted octanol–water partition coefficient (Wildman–Crippen LogP) is 4.46. The van der Waals surface area contributed by atoms with Gasteiger partial charge in [0, 0.05) is 21.2 Å². The third-order valence-corrected chi connectivity index (χ3v) is 4.86. The summed E-state index contributed by atoms with van der Waals surface area (Å²) in [6.07, 6.45) is -0.111. The van der Waals surface area contributed by atoms with E-state index < -0.39 is 6.10 Å². The smallest absolute Gasteiger partial charge is 0.179 e. The maximum atomic E-state index is 10.3. The van der Waals surface area contributed by atoms with Crippen LogP contribution in [0.2, 0.25) is 5.02 Å². The van der Waals surface area contributed by atoms with Crippen LogP contribution in [0.5, 0.6) is 11.5 Å². The number of hydrogen-bond donors (Lipinski definition) is 1. The summed E-state index contributed by atoms with van der Waals surface area (Å²) in [5.41, 5.74) is 0.706. The van der Waals surface area contributed by atoms with Gasteiger partial charge in [-0.2, -0.15) is 0 Å². The quantitative estimate of drug-likeness (QED) is 0.836. The number of hydrogen-bond acceptors (Lipinski definition) is 4. The van der Waals surface area contributed by atoms with Gasteiger partial charge in [-0.3, -0.25) is 0 Å². The molecule has 6 heteroatoms. The number of ether oxygens (including phenoxy) is 2. The Morgan fingerprint density at radius 3 is 2.60 bits per heavy atom. The first-order valence-corrected chi connectivity index (χ1v) is 7.92. The molecule has 0 fully saturated rings. The summed E-state index contributed by atoms with van der Waals surface area (Å²) in [4.78, 5) is 1.09. The molecule has 0 aliphatic heterocycles. The van der Waals surface area contributed by atoms with Crippen molar-refractivity contribution in [1.29, 1.82) is 0 Å². The lowest BCUT2D eigenvalue weighted by Crippen LogP contribution is -2.02. The van der Waals surface area contributed by atoms with Crippen molar-refractivity contribution in [3.8, 4) is 11.5 Å². The molecule has 108 valence electrons. The molecule has 0 aliphatic carbocycles. The summed E-state index contributed by atoms with van der Waals surface area (Å²) >= 11 is 11.1. The second-order valence-corrected chi connectivity index (χ2v) is 6.51. The second-order valence-electron chi connectivity index (χ2n) is 4.19. The van der Waals surface area contributed by atoms with Gasteiger partial charge in [-0.15, -0.1) is 11.3 Å². The fourth-order valence-corrected chi connectivity index (χ4v) is 3.69. The van der Waals surface area contributed by atoms with Gasteiger partial charge in [-0.05, 0) is 39.7 Å². The Morgan fingerprint density at radius 2 is 2.05 bits per heavy atom. The van der Waals surface area contributed by atoms with E-state index in [1.807, 2.05) is 11.4 Å². The minimum Gasteiger partial charge on any atom is -0.493 e. The van der Waals surface area contributed by atoms with Gasteiger partial charge in [0.2, 0.25) is 0 Å². The standard InChI is InChI=1S/C14H14BrClO3S/c1-18-13-4-8(3-11(16)14(13)19-2)12(17)6-10-5-9(15)7-20-10/h3-5,7,12,17H,6H2,1-2H3. The maximum Gasteiger partial charge on any atom is 0.179 e. The molecule has 2 aromatic rings. The highest BCUT2D eigenvalue weighted by atomic mass is 79.9. The Bertz CT molecular complexity index is 600. The molecule has 0 spiro atoms. The fraction of sp³-hybridized carbons (Fsp3) is 0.286. The lowest BCUT2D eigenvalue weighted by Gasteiger charge is -2.15. The molecule has 1 N–H and O–H groups in total. The topological polar surface area (TPSA) is 38.7 Å². The Balaban J connectivity index is 2.25. The molecule has 0 aliphatic rings. The van der Waals surface area contributed by atoms with E-state index in [0.29, 0.717) is 28.5 Å². The number of benzene rings is 1. The van der Waals surface area contributed by atoms with Gasteiger partial charge >= 0.3 is 0 Å². The van der Waals surface area contributed by atoms with E-state index in [9.17, 15) is 5.11 Å². The van der Waals surface area contributed by atoms with E-state index in [4.69, 9.17) is 21.1 Å². The van der Waals surface area contributed by atoms with Gasteiger partial charge in [0.1, 0.15) is 0 Å². The molecule has 0 bridgehead atoms. The molecule has 0 radical (unpaired) electrons. The second kappa shape index (κ2) is 6.80. The van der Waals surface area contributed by atoms with Crippen LogP contribution in [0.3, 0.4) is 0 Å². The normalized spacial score (nSPS) is 12.2. The molecule has 20 heavy (non-hydrogen) atoms. The third-order valence-electron chi connectivity index (χ3n) is 2.86. The zero-order chi connectivity index (χ0) is 14.7. The summed E-state index contributed by atoms with van der Waals surface area (Å²) in [5.74, 6) is 0.991. The molecule has 1 aromatic carbocycles. The molecule has 3 nitrogen and oxygen atoms in total. The van der Waals surface area contributed by atoms with Crippen LogP contribution in [-0.4, -0.2) is 19.3 Å². The highest BCUT2D eigenvalue weighted by Crippen LogP contribution is 2.38. The van der Waals surface area contributed by atoms with Crippen LogP contribution in [0.25, 0.3) is 0 Å². The molecule has 1 unspecified atom stereocenters. The van der Waals surface area contributed by atoms with E-state index in [-0.39, 0.29) is 0 Å².